The number of anilines is 1. The van der Waals surface area contributed by atoms with Crippen molar-refractivity contribution in [2.45, 2.75) is 108 Å². The van der Waals surface area contributed by atoms with E-state index < -0.39 is 47.6 Å². The Morgan fingerprint density at radius 2 is 1.96 bits per heavy atom. The fourth-order valence-electron chi connectivity index (χ4n) is 10.1. The molecule has 2 aliphatic carbocycles. The van der Waals surface area contributed by atoms with Crippen LogP contribution in [0.5, 0.6) is 0 Å². The first-order valence-electron chi connectivity index (χ1n) is 18.8. The topological polar surface area (TPSA) is 134 Å². The van der Waals surface area contributed by atoms with Crippen LogP contribution >= 0.6 is 11.6 Å². The third kappa shape index (κ3) is 6.35. The summed E-state index contributed by atoms with van der Waals surface area (Å²) >= 11 is 6.48. The fraction of sp³-hybridized carbons (Fsp3) is 0.625. The van der Waals surface area contributed by atoms with Crippen molar-refractivity contribution >= 4 is 29.2 Å². The van der Waals surface area contributed by atoms with Crippen LogP contribution in [0, 0.1) is 23.7 Å². The van der Waals surface area contributed by atoms with Gasteiger partial charge in [0.2, 0.25) is 0 Å². The average Bonchev–Trinajstić information content (AvgIpc) is 3.45. The van der Waals surface area contributed by atoms with Gasteiger partial charge in [-0.2, -0.15) is 0 Å². The number of ether oxygens (including phenoxy) is 2. The van der Waals surface area contributed by atoms with Gasteiger partial charge < -0.3 is 24.6 Å². The summed E-state index contributed by atoms with van der Waals surface area (Å²) < 4.78 is 12.2. The van der Waals surface area contributed by atoms with E-state index in [0.29, 0.717) is 16.3 Å². The molecule has 2 saturated heterocycles. The fourth-order valence-corrected chi connectivity index (χ4v) is 10.4. The molecule has 3 N–H and O–H groups in total. The van der Waals surface area contributed by atoms with Gasteiger partial charge in [-0.1, -0.05) is 56.6 Å². The molecule has 3 aliphatic heterocycles. The predicted molar refractivity (Wildman–Crippen MR) is 196 cm³/mol. The highest BCUT2D eigenvalue weighted by Crippen LogP contribution is 2.53. The van der Waals surface area contributed by atoms with Crippen molar-refractivity contribution in [2.75, 3.05) is 31.7 Å². The van der Waals surface area contributed by atoms with Gasteiger partial charge in [0, 0.05) is 62.3 Å². The molecule has 12 heteroatoms. The molecule has 52 heavy (non-hydrogen) atoms. The number of hydrogen-bond donors (Lipinski definition) is 3. The number of benzene rings is 1. The molecule has 0 bridgehead atoms. The molecule has 1 saturated carbocycles. The van der Waals surface area contributed by atoms with Crippen molar-refractivity contribution in [3.8, 4) is 0 Å². The Morgan fingerprint density at radius 1 is 1.17 bits per heavy atom. The molecule has 2 unspecified atom stereocenters. The second kappa shape index (κ2) is 14.0. The molecule has 7 rings (SSSR count). The van der Waals surface area contributed by atoms with Crippen LogP contribution in [0.1, 0.15) is 78.0 Å². The summed E-state index contributed by atoms with van der Waals surface area (Å²) in [5.41, 5.74) is -0.164. The number of carbonyl (C=O) groups excluding carboxylic acids is 2. The van der Waals surface area contributed by atoms with Crippen LogP contribution in [0.3, 0.4) is 0 Å². The summed E-state index contributed by atoms with van der Waals surface area (Å²) in [6.45, 7) is 12.6. The second-order valence-corrected chi connectivity index (χ2v) is 16.8. The first-order chi connectivity index (χ1) is 24.7. The third-order valence-electron chi connectivity index (χ3n) is 12.8. The molecular weight excluding hydrogens is 684 g/mol. The molecule has 1 aromatic carbocycles. The van der Waals surface area contributed by atoms with Gasteiger partial charge in [-0.15, -0.1) is 0 Å². The van der Waals surface area contributed by atoms with Crippen molar-refractivity contribution < 1.29 is 34.1 Å². The molecular formula is C40H53ClN4O7. The minimum absolute atomic E-state index is 0.0351. The van der Waals surface area contributed by atoms with E-state index >= 15 is 0 Å². The van der Waals surface area contributed by atoms with Crippen molar-refractivity contribution in [3.05, 3.63) is 70.5 Å². The smallest absolute Gasteiger partial charge is 0.323 e. The van der Waals surface area contributed by atoms with Crippen molar-refractivity contribution in [2.24, 2.45) is 23.7 Å². The summed E-state index contributed by atoms with van der Waals surface area (Å²) in [5, 5.41) is 29.9. The molecule has 2 aromatic rings. The van der Waals surface area contributed by atoms with Gasteiger partial charge in [0.1, 0.15) is 17.2 Å². The Bertz CT molecular complexity index is 1710. The Morgan fingerprint density at radius 3 is 2.69 bits per heavy atom. The summed E-state index contributed by atoms with van der Waals surface area (Å²) in [6.07, 6.45) is 4.64. The number of hydroxylamine groups is 1. The second-order valence-electron chi connectivity index (χ2n) is 16.4. The number of para-hydroxylation sites is 1. The highest BCUT2D eigenvalue weighted by molar-refractivity contribution is 6.33. The van der Waals surface area contributed by atoms with Crippen molar-refractivity contribution in [3.63, 3.8) is 0 Å². The number of esters is 2. The van der Waals surface area contributed by atoms with Gasteiger partial charge >= 0.3 is 11.9 Å². The van der Waals surface area contributed by atoms with E-state index in [9.17, 15) is 19.8 Å². The van der Waals surface area contributed by atoms with Crippen LogP contribution in [0.25, 0.3) is 0 Å². The summed E-state index contributed by atoms with van der Waals surface area (Å²) in [6, 6.07) is 10.4. The van der Waals surface area contributed by atoms with Gasteiger partial charge in [-0.25, -0.2) is 0 Å². The molecule has 282 valence electrons. The van der Waals surface area contributed by atoms with Crippen LogP contribution in [0.4, 0.5) is 5.69 Å². The number of pyridine rings is 1. The van der Waals surface area contributed by atoms with Gasteiger partial charge in [-0.3, -0.25) is 29.8 Å². The normalized spacial score (nSPS) is 38.0. The predicted octanol–water partition coefficient (Wildman–Crippen LogP) is 4.88. The van der Waals surface area contributed by atoms with E-state index in [1.165, 1.54) is 12.0 Å². The molecule has 11 nitrogen and oxygen atoms in total. The maximum Gasteiger partial charge on any atom is 0.323 e. The molecule has 4 heterocycles. The van der Waals surface area contributed by atoms with Crippen LogP contribution < -0.4 is 10.4 Å². The summed E-state index contributed by atoms with van der Waals surface area (Å²) in [7, 11) is 1.69. The number of likely N-dealkylation sites (tertiary alicyclic amines) is 1. The Labute approximate surface area is 311 Å². The number of rotatable bonds is 7. The number of nitrogens with one attached hydrogen (secondary N) is 1. The first-order valence-corrected chi connectivity index (χ1v) is 19.1. The number of aromatic nitrogens is 1. The van der Waals surface area contributed by atoms with Crippen molar-refractivity contribution in [1.29, 1.82) is 0 Å². The van der Waals surface area contributed by atoms with Gasteiger partial charge in [-0.05, 0) is 80.7 Å². The SMILES string of the molecule is CC(=O)O[C@@H]1C(C)=C[C@@H]2[C@H](C(C)CN3CCCC(C)(c4ccccn4)C3)CC[C@@H](C)[C@]2(O)[C@H]1OC(=O)[C@@H]1C[C@@]2(O)c3cccc(Cl)c3N(C)O[C@H]2N1. The number of hydrogen-bond acceptors (Lipinski definition) is 11. The quantitative estimate of drug-likeness (QED) is 0.266. The van der Waals surface area contributed by atoms with E-state index in [4.69, 9.17) is 30.9 Å². The average molecular weight is 737 g/mol. The lowest BCUT2D eigenvalue weighted by atomic mass is 9.55. The van der Waals surface area contributed by atoms with Crippen LogP contribution in [0.15, 0.2) is 54.2 Å². The first kappa shape index (κ1) is 37.3. The van der Waals surface area contributed by atoms with Crippen molar-refractivity contribution in [1.82, 2.24) is 15.2 Å². The maximum absolute atomic E-state index is 14.2. The Kier molecular flexibility index (Phi) is 10.0. The van der Waals surface area contributed by atoms with Gasteiger partial charge in [0.05, 0.1) is 10.7 Å². The highest BCUT2D eigenvalue weighted by Gasteiger charge is 2.62. The van der Waals surface area contributed by atoms with Crippen LogP contribution in [-0.4, -0.2) is 88.8 Å². The number of nitrogens with zero attached hydrogens (tertiary/aromatic N) is 3. The van der Waals surface area contributed by atoms with Crippen LogP contribution in [-0.2, 0) is 34.9 Å². The molecule has 0 amide bonds. The zero-order chi connectivity index (χ0) is 37.2. The van der Waals surface area contributed by atoms with Gasteiger partial charge in [0.15, 0.2) is 18.4 Å². The molecule has 0 spiro atoms. The van der Waals surface area contributed by atoms with Crippen LogP contribution in [0.2, 0.25) is 5.02 Å². The minimum atomic E-state index is -1.56. The Hall–Kier alpha value is -3.06. The third-order valence-corrected chi connectivity index (χ3v) is 13.1. The standard InChI is InChI=1S/C40H53ClN4O7/c1-23-19-29-27(24(2)21-45-18-10-16-38(5,22-45)32-13-7-8-17-42-32)15-14-25(3)40(29,49)35(34(23)50-26(4)46)51-36(47)31-20-39(48)28-11-9-12-30(41)33(28)44(6)52-37(39)43-31/h7-9,11-13,17,19,24-25,27,29,31,34-35,37,43,48-49H,10,14-16,18,20-22H2,1-6H3/t24?,25-,27+,29-,31+,34-,35+,37-,38?,39-,40-/m1/s1. The van der Waals surface area contributed by atoms with E-state index in [1.54, 1.807) is 25.2 Å². The lowest BCUT2D eigenvalue weighted by molar-refractivity contribution is -0.225. The number of piperidine rings is 1. The lowest BCUT2D eigenvalue weighted by Gasteiger charge is -2.56. The molecule has 11 atom stereocenters. The van der Waals surface area contributed by atoms with E-state index in [0.717, 1.165) is 56.6 Å². The highest BCUT2D eigenvalue weighted by atomic mass is 35.5. The summed E-state index contributed by atoms with van der Waals surface area (Å²) in [4.78, 5) is 39.9. The number of fused-ring (bicyclic) bond motifs is 4. The number of halogens is 1. The van der Waals surface area contributed by atoms with E-state index in [2.05, 4.69) is 42.3 Å². The zero-order valence-corrected chi connectivity index (χ0v) is 31.8. The van der Waals surface area contributed by atoms with E-state index in [1.807, 2.05) is 26.1 Å². The van der Waals surface area contributed by atoms with Gasteiger partial charge in [0.25, 0.3) is 0 Å². The largest absolute Gasteiger partial charge is 0.454 e. The minimum Gasteiger partial charge on any atom is -0.454 e. The maximum atomic E-state index is 14.2. The number of carbonyl (C=O) groups is 2. The van der Waals surface area contributed by atoms with E-state index in [-0.39, 0.29) is 35.5 Å². The zero-order valence-electron chi connectivity index (χ0n) is 31.0. The number of aliphatic hydroxyl groups is 2. The molecule has 1 aromatic heterocycles. The monoisotopic (exact) mass is 736 g/mol. The molecule has 5 aliphatic rings. The molecule has 0 radical (unpaired) electrons. The molecule has 3 fully saturated rings. The summed E-state index contributed by atoms with van der Waals surface area (Å²) in [5.74, 6) is -1.46. The Balaban J connectivity index is 1.14. The lowest BCUT2D eigenvalue weighted by Crippen LogP contribution is -2.66.